The molecule has 1 aromatic rings. The lowest BCUT2D eigenvalue weighted by Gasteiger charge is -2.28. The van der Waals surface area contributed by atoms with Gasteiger partial charge in [-0.15, -0.1) is 0 Å². The number of ether oxygens (including phenoxy) is 3. The Hall–Kier alpha value is -2.40. The fraction of sp³-hybridized carbons (Fsp3) is 0.520. The molecule has 0 aromatic heterocycles. The molecular formula is C25H32O5. The number of hydrogen-bond donors (Lipinski definition) is 0. The minimum Gasteiger partial charge on any atom is -0.456 e. The number of allylic oxidation sites excluding steroid dienone is 1. The molecule has 30 heavy (non-hydrogen) atoms. The molecule has 0 bridgehead atoms. The first-order valence-corrected chi connectivity index (χ1v) is 10.7. The van der Waals surface area contributed by atoms with Gasteiger partial charge in [-0.1, -0.05) is 62.4 Å². The maximum atomic E-state index is 13.1. The molecule has 1 aromatic carbocycles. The van der Waals surface area contributed by atoms with E-state index in [1.54, 1.807) is 24.3 Å². The first-order chi connectivity index (χ1) is 14.3. The van der Waals surface area contributed by atoms with Gasteiger partial charge in [0.1, 0.15) is 12.2 Å². The van der Waals surface area contributed by atoms with Crippen molar-refractivity contribution >= 4 is 11.9 Å². The molecule has 0 radical (unpaired) electrons. The number of fused-ring (bicyclic) bond motifs is 1. The molecular weight excluding hydrogens is 380 g/mol. The van der Waals surface area contributed by atoms with Crippen molar-refractivity contribution in [1.82, 2.24) is 0 Å². The van der Waals surface area contributed by atoms with Crippen LogP contribution in [0.2, 0.25) is 0 Å². The lowest BCUT2D eigenvalue weighted by Crippen LogP contribution is -2.36. The number of benzene rings is 1. The van der Waals surface area contributed by atoms with Crippen molar-refractivity contribution < 1.29 is 23.8 Å². The molecule has 0 amide bonds. The molecule has 0 N–H and O–H groups in total. The number of carbonyl (C=O) groups is 2. The molecule has 3 rings (SSSR count). The monoisotopic (exact) mass is 412 g/mol. The maximum absolute atomic E-state index is 13.1. The van der Waals surface area contributed by atoms with Crippen molar-refractivity contribution in [3.63, 3.8) is 0 Å². The molecule has 1 saturated heterocycles. The second kappa shape index (κ2) is 9.61. The van der Waals surface area contributed by atoms with Gasteiger partial charge in [0.25, 0.3) is 0 Å². The Morgan fingerprint density at radius 1 is 1.20 bits per heavy atom. The van der Waals surface area contributed by atoms with Crippen molar-refractivity contribution in [2.24, 2.45) is 11.8 Å². The van der Waals surface area contributed by atoms with Gasteiger partial charge in [-0.25, -0.2) is 4.79 Å². The van der Waals surface area contributed by atoms with E-state index in [2.05, 4.69) is 33.4 Å². The van der Waals surface area contributed by atoms with Crippen molar-refractivity contribution in [3.05, 3.63) is 59.7 Å². The highest BCUT2D eigenvalue weighted by molar-refractivity contribution is 5.80. The van der Waals surface area contributed by atoms with Gasteiger partial charge in [-0.05, 0) is 37.7 Å². The Morgan fingerprint density at radius 2 is 1.90 bits per heavy atom. The Bertz CT molecular complexity index is 810. The smallest absolute Gasteiger partial charge is 0.352 e. The first kappa shape index (κ1) is 22.3. The SMILES string of the molecule is C=C1[C@H]([C@H](CC(C)C)OC(=O)[C@@H](OC(C)=O)c2ccccc2)O[C@H]2C=C(C)CC[C@@H]12. The van der Waals surface area contributed by atoms with E-state index in [1.807, 2.05) is 6.07 Å². The van der Waals surface area contributed by atoms with E-state index >= 15 is 0 Å². The van der Waals surface area contributed by atoms with Crippen LogP contribution in [0, 0.1) is 11.8 Å². The Labute approximate surface area is 179 Å². The van der Waals surface area contributed by atoms with Gasteiger partial charge in [0, 0.05) is 18.4 Å². The minimum absolute atomic E-state index is 0.0111. The van der Waals surface area contributed by atoms with Gasteiger partial charge in [0.05, 0.1) is 6.10 Å². The van der Waals surface area contributed by atoms with Gasteiger partial charge < -0.3 is 14.2 Å². The van der Waals surface area contributed by atoms with Crippen molar-refractivity contribution in [2.45, 2.75) is 71.4 Å². The van der Waals surface area contributed by atoms with Crippen LogP contribution in [-0.4, -0.2) is 30.3 Å². The second-order valence-corrected chi connectivity index (χ2v) is 8.76. The average Bonchev–Trinajstić information content (AvgIpc) is 3.01. The quantitative estimate of drug-likeness (QED) is 0.469. The van der Waals surface area contributed by atoms with E-state index in [0.29, 0.717) is 17.9 Å². The molecule has 1 aliphatic carbocycles. The van der Waals surface area contributed by atoms with Gasteiger partial charge in [-0.2, -0.15) is 0 Å². The van der Waals surface area contributed by atoms with Crippen LogP contribution >= 0.6 is 0 Å². The van der Waals surface area contributed by atoms with Crippen LogP contribution in [0.5, 0.6) is 0 Å². The lowest BCUT2D eigenvalue weighted by molar-refractivity contribution is -0.176. The fourth-order valence-corrected chi connectivity index (χ4v) is 4.31. The molecule has 5 heteroatoms. The molecule has 1 aliphatic heterocycles. The third-order valence-electron chi connectivity index (χ3n) is 5.75. The summed E-state index contributed by atoms with van der Waals surface area (Å²) in [6, 6.07) is 8.94. The van der Waals surface area contributed by atoms with E-state index in [4.69, 9.17) is 14.2 Å². The van der Waals surface area contributed by atoms with Crippen LogP contribution in [0.4, 0.5) is 0 Å². The summed E-state index contributed by atoms with van der Waals surface area (Å²) in [4.78, 5) is 24.7. The van der Waals surface area contributed by atoms with E-state index in [-0.39, 0.29) is 18.1 Å². The Kier molecular flexibility index (Phi) is 7.14. The molecule has 0 saturated carbocycles. The van der Waals surface area contributed by atoms with Crippen LogP contribution in [0.1, 0.15) is 58.6 Å². The summed E-state index contributed by atoms with van der Waals surface area (Å²) in [6.07, 6.45) is 2.89. The number of esters is 2. The number of rotatable bonds is 7. The van der Waals surface area contributed by atoms with Crippen LogP contribution in [0.25, 0.3) is 0 Å². The summed E-state index contributed by atoms with van der Waals surface area (Å²) in [5.74, 6) is -0.567. The maximum Gasteiger partial charge on any atom is 0.352 e. The van der Waals surface area contributed by atoms with Gasteiger partial charge in [0.2, 0.25) is 6.10 Å². The normalized spacial score (nSPS) is 25.3. The molecule has 1 heterocycles. The third-order valence-corrected chi connectivity index (χ3v) is 5.75. The van der Waals surface area contributed by atoms with Crippen LogP contribution in [0.15, 0.2) is 54.1 Å². The number of hydrogen-bond acceptors (Lipinski definition) is 5. The highest BCUT2D eigenvalue weighted by Gasteiger charge is 2.44. The zero-order valence-corrected chi connectivity index (χ0v) is 18.3. The van der Waals surface area contributed by atoms with Crippen molar-refractivity contribution in [3.8, 4) is 0 Å². The van der Waals surface area contributed by atoms with E-state index < -0.39 is 24.1 Å². The Morgan fingerprint density at radius 3 is 2.53 bits per heavy atom. The molecule has 162 valence electrons. The van der Waals surface area contributed by atoms with Gasteiger partial charge >= 0.3 is 11.9 Å². The highest BCUT2D eigenvalue weighted by atomic mass is 16.6. The summed E-state index contributed by atoms with van der Waals surface area (Å²) >= 11 is 0. The topological polar surface area (TPSA) is 61.8 Å². The summed E-state index contributed by atoms with van der Waals surface area (Å²) in [6.45, 7) is 11.9. The third kappa shape index (κ3) is 5.20. The van der Waals surface area contributed by atoms with Crippen molar-refractivity contribution in [2.75, 3.05) is 0 Å². The predicted molar refractivity (Wildman–Crippen MR) is 115 cm³/mol. The summed E-state index contributed by atoms with van der Waals surface area (Å²) in [5.41, 5.74) is 2.89. The average molecular weight is 413 g/mol. The van der Waals surface area contributed by atoms with Gasteiger partial charge in [-0.3, -0.25) is 4.79 Å². The fourth-order valence-electron chi connectivity index (χ4n) is 4.31. The lowest BCUT2D eigenvalue weighted by atomic mass is 9.82. The summed E-state index contributed by atoms with van der Waals surface area (Å²) < 4.78 is 17.6. The largest absolute Gasteiger partial charge is 0.456 e. The van der Waals surface area contributed by atoms with Crippen LogP contribution in [-0.2, 0) is 23.8 Å². The molecule has 1 fully saturated rings. The minimum atomic E-state index is -1.10. The van der Waals surface area contributed by atoms with Crippen LogP contribution < -0.4 is 0 Å². The zero-order valence-electron chi connectivity index (χ0n) is 18.3. The zero-order chi connectivity index (χ0) is 21.8. The molecule has 0 spiro atoms. The predicted octanol–water partition coefficient (Wildman–Crippen LogP) is 4.93. The van der Waals surface area contributed by atoms with E-state index in [0.717, 1.165) is 18.4 Å². The van der Waals surface area contributed by atoms with E-state index in [9.17, 15) is 9.59 Å². The highest BCUT2D eigenvalue weighted by Crippen LogP contribution is 2.42. The molecule has 5 nitrogen and oxygen atoms in total. The van der Waals surface area contributed by atoms with Crippen LogP contribution in [0.3, 0.4) is 0 Å². The first-order valence-electron chi connectivity index (χ1n) is 10.7. The molecule has 5 atom stereocenters. The molecule has 0 unspecified atom stereocenters. The van der Waals surface area contributed by atoms with Gasteiger partial charge in [0.15, 0.2) is 0 Å². The van der Waals surface area contributed by atoms with Crippen molar-refractivity contribution in [1.29, 1.82) is 0 Å². The molecule has 2 aliphatic rings. The summed E-state index contributed by atoms with van der Waals surface area (Å²) in [7, 11) is 0. The summed E-state index contributed by atoms with van der Waals surface area (Å²) in [5, 5.41) is 0. The second-order valence-electron chi connectivity index (χ2n) is 8.76. The van der Waals surface area contributed by atoms with E-state index in [1.165, 1.54) is 12.5 Å². The standard InChI is InChI=1S/C25H32O5/c1-15(2)13-22(23-17(4)20-12-11-16(3)14-21(20)29-23)30-25(27)24(28-18(5)26)19-9-7-6-8-10-19/h6-10,14-15,20-24H,4,11-13H2,1-3,5H3/t20-,21-,22-,23+,24-/m0/s1. The number of carbonyl (C=O) groups excluding carboxylic acids is 2. The Balaban J connectivity index is 1.81.